The van der Waals surface area contributed by atoms with Gasteiger partial charge in [0.15, 0.2) is 0 Å². The number of benzene rings is 7. The van der Waals surface area contributed by atoms with Gasteiger partial charge in [0.25, 0.3) is 0 Å². The molecule has 0 bridgehead atoms. The Morgan fingerprint density at radius 2 is 1.34 bits per heavy atom. The summed E-state index contributed by atoms with van der Waals surface area (Å²) in [7, 11) is 0. The molecule has 1 heteroatoms. The molecule has 0 amide bonds. The van der Waals surface area contributed by atoms with Crippen LogP contribution in [0.1, 0.15) is 99.1 Å². The zero-order valence-corrected chi connectivity index (χ0v) is 38.5. The van der Waals surface area contributed by atoms with Crippen molar-refractivity contribution in [1.29, 1.82) is 0 Å². The van der Waals surface area contributed by atoms with Crippen LogP contribution in [0.4, 0.5) is 0 Å². The van der Waals surface area contributed by atoms with Gasteiger partial charge in [0.2, 0.25) is 0 Å². The highest BCUT2D eigenvalue weighted by Gasteiger charge is 2.40. The first-order valence-electron chi connectivity index (χ1n) is 23.7. The summed E-state index contributed by atoms with van der Waals surface area (Å²) in [5.74, 6) is 0.624. The Labute approximate surface area is 385 Å². The maximum absolute atomic E-state index is 4.45. The van der Waals surface area contributed by atoms with Gasteiger partial charge in [-0.3, -0.25) is 0 Å². The zero-order valence-electron chi connectivity index (χ0n) is 38.5. The van der Waals surface area contributed by atoms with Crippen LogP contribution in [-0.2, 0) is 5.41 Å². The zero-order chi connectivity index (χ0) is 44.4. The summed E-state index contributed by atoms with van der Waals surface area (Å²) < 4.78 is 2.52. The first-order valence-corrected chi connectivity index (χ1v) is 23.7. The van der Waals surface area contributed by atoms with E-state index < -0.39 is 0 Å². The van der Waals surface area contributed by atoms with Crippen molar-refractivity contribution >= 4 is 33.0 Å². The van der Waals surface area contributed by atoms with E-state index in [0.29, 0.717) is 5.92 Å². The predicted molar refractivity (Wildman–Crippen MR) is 280 cm³/mol. The smallest absolute Gasteiger partial charge is 0.0541 e. The number of aromatic nitrogens is 1. The van der Waals surface area contributed by atoms with Gasteiger partial charge < -0.3 is 4.57 Å². The number of hydrogen-bond donors (Lipinski definition) is 0. The van der Waals surface area contributed by atoms with Crippen LogP contribution in [0.2, 0.25) is 0 Å². The Morgan fingerprint density at radius 1 is 0.646 bits per heavy atom. The Kier molecular flexibility index (Phi) is 10.2. The highest BCUT2D eigenvalue weighted by Crippen LogP contribution is 2.56. The van der Waals surface area contributed by atoms with Crippen molar-refractivity contribution in [2.24, 2.45) is 0 Å². The van der Waals surface area contributed by atoms with Crippen molar-refractivity contribution in [3.05, 3.63) is 222 Å². The van der Waals surface area contributed by atoms with Crippen LogP contribution in [0.3, 0.4) is 0 Å². The molecular formula is C64H57N. The summed E-state index contributed by atoms with van der Waals surface area (Å²) in [6.07, 6.45) is 19.1. The molecular weight excluding hydrogens is 783 g/mol. The predicted octanol–water partition coefficient (Wildman–Crippen LogP) is 17.9. The summed E-state index contributed by atoms with van der Waals surface area (Å²) in [4.78, 5) is 0. The number of nitrogens with zero attached hydrogens (tertiary/aromatic N) is 1. The number of fused-ring (bicyclic) bond motifs is 6. The molecule has 0 radical (unpaired) electrons. The third-order valence-corrected chi connectivity index (χ3v) is 15.0. The summed E-state index contributed by atoms with van der Waals surface area (Å²) in [6.45, 7) is 15.9. The quantitative estimate of drug-likeness (QED) is 0.128. The van der Waals surface area contributed by atoms with Gasteiger partial charge in [-0.25, -0.2) is 0 Å². The molecule has 3 aliphatic carbocycles. The van der Waals surface area contributed by atoms with E-state index in [2.05, 4.69) is 209 Å². The van der Waals surface area contributed by atoms with E-state index in [-0.39, 0.29) is 5.41 Å². The van der Waals surface area contributed by atoms with Gasteiger partial charge in [-0.2, -0.15) is 0 Å². The largest absolute Gasteiger partial charge is 0.309 e. The number of hydrogen-bond acceptors (Lipinski definition) is 0. The molecule has 65 heavy (non-hydrogen) atoms. The Hall–Kier alpha value is -6.96. The average molecular weight is 840 g/mol. The number of rotatable bonds is 9. The van der Waals surface area contributed by atoms with Crippen LogP contribution >= 0.6 is 0 Å². The SMILES string of the molecule is C=C(/C=C\C=C/C)c1cccc(-c2ccc3c(c2)c2cc(-c4cccc(-c5ccccc5)c4)ccc2n3-c2ccc3c(c2)C(C)(C)c2ccc(C4=C(C)C=CCC4)c(C4CCC4)c2-3)c1C. The van der Waals surface area contributed by atoms with Gasteiger partial charge >= 0.3 is 0 Å². The molecule has 0 saturated heterocycles. The molecule has 7 aromatic carbocycles. The molecule has 11 rings (SSSR count). The van der Waals surface area contributed by atoms with Crippen molar-refractivity contribution < 1.29 is 0 Å². The third kappa shape index (κ3) is 6.83. The first kappa shape index (κ1) is 40.8. The second-order valence-corrected chi connectivity index (χ2v) is 19.2. The lowest BCUT2D eigenvalue weighted by Gasteiger charge is -2.32. The fourth-order valence-electron chi connectivity index (χ4n) is 11.3. The van der Waals surface area contributed by atoms with Crippen LogP contribution in [0.15, 0.2) is 188 Å². The van der Waals surface area contributed by atoms with Crippen molar-refractivity contribution in [1.82, 2.24) is 4.57 Å². The molecule has 0 atom stereocenters. The van der Waals surface area contributed by atoms with Crippen molar-refractivity contribution in [3.8, 4) is 50.2 Å². The molecule has 8 aromatic rings. The Morgan fingerprint density at radius 3 is 2.08 bits per heavy atom. The molecule has 0 unspecified atom stereocenters. The van der Waals surface area contributed by atoms with E-state index in [1.165, 1.54) is 125 Å². The monoisotopic (exact) mass is 839 g/mol. The highest BCUT2D eigenvalue weighted by atomic mass is 15.0. The van der Waals surface area contributed by atoms with E-state index in [4.69, 9.17) is 0 Å². The average Bonchev–Trinajstić information content (AvgIpc) is 3.76. The van der Waals surface area contributed by atoms with Crippen LogP contribution in [-0.4, -0.2) is 4.57 Å². The first-order chi connectivity index (χ1) is 31.7. The van der Waals surface area contributed by atoms with Gasteiger partial charge in [-0.1, -0.05) is 160 Å². The highest BCUT2D eigenvalue weighted by molar-refractivity contribution is 6.12. The normalized spacial score (nSPS) is 15.6. The molecule has 1 aromatic heterocycles. The molecule has 0 spiro atoms. The molecule has 3 aliphatic rings. The van der Waals surface area contributed by atoms with Gasteiger partial charge in [0.05, 0.1) is 11.0 Å². The molecule has 1 fully saturated rings. The van der Waals surface area contributed by atoms with Gasteiger partial charge in [-0.05, 0) is 189 Å². The molecule has 0 N–H and O–H groups in total. The molecule has 1 saturated carbocycles. The van der Waals surface area contributed by atoms with E-state index in [0.717, 1.165) is 18.4 Å². The summed E-state index contributed by atoms with van der Waals surface area (Å²) in [6, 6.07) is 52.9. The number of allylic oxidation sites excluding steroid dienone is 9. The lowest BCUT2D eigenvalue weighted by Crippen LogP contribution is -2.17. The van der Waals surface area contributed by atoms with Crippen LogP contribution in [0, 0.1) is 6.92 Å². The Balaban J connectivity index is 1.10. The second kappa shape index (κ2) is 16.2. The van der Waals surface area contributed by atoms with Crippen molar-refractivity contribution in [3.63, 3.8) is 0 Å². The maximum Gasteiger partial charge on any atom is 0.0541 e. The topological polar surface area (TPSA) is 4.93 Å². The molecule has 0 aliphatic heterocycles. The summed E-state index contributed by atoms with van der Waals surface area (Å²) in [5, 5.41) is 2.50. The lowest BCUT2D eigenvalue weighted by atomic mass is 9.72. The van der Waals surface area contributed by atoms with Crippen LogP contribution < -0.4 is 0 Å². The summed E-state index contributed by atoms with van der Waals surface area (Å²) in [5.41, 5.74) is 26.2. The van der Waals surface area contributed by atoms with E-state index in [1.807, 2.05) is 13.0 Å². The lowest BCUT2D eigenvalue weighted by molar-refractivity contribution is 0.419. The van der Waals surface area contributed by atoms with Crippen LogP contribution in [0.5, 0.6) is 0 Å². The maximum atomic E-state index is 4.45. The molecule has 1 nitrogen and oxygen atoms in total. The molecule has 1 heterocycles. The minimum absolute atomic E-state index is 0.134. The van der Waals surface area contributed by atoms with E-state index in [1.54, 1.807) is 11.1 Å². The standard InChI is InChI=1S/C64H57N/c1-7-8-10-18-41(2)51-27-17-28-53(43(51)4)49-30-36-61-57(39-49)56-38-48(47-25-16-24-46(37-47)44-20-11-9-12-21-44)29-35-60(56)65(61)50-31-32-55-59(40-50)64(5,6)58-34-33-54(52-26-14-13-19-42(52)3)62(63(55)58)45-22-15-23-45/h7-13,16-21,24-25,27-40,45H,2,14-15,22-23,26H2,1,3-6H3/b8-7-,18-10-. The van der Waals surface area contributed by atoms with Crippen LogP contribution in [0.25, 0.3) is 83.1 Å². The minimum Gasteiger partial charge on any atom is -0.309 e. The van der Waals surface area contributed by atoms with Gasteiger partial charge in [0.1, 0.15) is 0 Å². The third-order valence-electron chi connectivity index (χ3n) is 15.0. The molecule has 318 valence electrons. The fraction of sp³-hybridized carbons (Fsp3) is 0.188. The van der Waals surface area contributed by atoms with E-state index >= 15 is 0 Å². The minimum atomic E-state index is -0.134. The Bertz CT molecular complexity index is 3350. The second-order valence-electron chi connectivity index (χ2n) is 19.2. The fourth-order valence-corrected chi connectivity index (χ4v) is 11.3. The van der Waals surface area contributed by atoms with E-state index in [9.17, 15) is 0 Å². The van der Waals surface area contributed by atoms with Gasteiger partial charge in [-0.15, -0.1) is 0 Å². The summed E-state index contributed by atoms with van der Waals surface area (Å²) >= 11 is 0. The van der Waals surface area contributed by atoms with Crippen molar-refractivity contribution in [2.45, 2.75) is 78.1 Å². The van der Waals surface area contributed by atoms with Gasteiger partial charge in [0, 0.05) is 21.9 Å². The van der Waals surface area contributed by atoms with Crippen molar-refractivity contribution in [2.75, 3.05) is 0 Å².